The quantitative estimate of drug-likeness (QED) is 0.545. The monoisotopic (exact) mass is 212 g/mol. The van der Waals surface area contributed by atoms with Gasteiger partial charge in [-0.05, 0) is 5.22 Å². The van der Waals surface area contributed by atoms with Crippen LogP contribution in [0.15, 0.2) is 49.1 Å². The molecule has 2 nitrogen and oxygen atoms in total. The fraction of sp³-hybridized carbons (Fsp3) is 0.0714. The molecule has 0 unspecified atom stereocenters. The Kier molecular flexibility index (Phi) is 3.01. The summed E-state index contributed by atoms with van der Waals surface area (Å²) in [6.07, 6.45) is 7.73. The molecule has 0 aromatic heterocycles. The summed E-state index contributed by atoms with van der Waals surface area (Å²) < 4.78 is 5.24. The van der Waals surface area contributed by atoms with Crippen molar-refractivity contribution < 1.29 is 9.53 Å². The fourth-order valence-corrected chi connectivity index (χ4v) is 1.61. The van der Waals surface area contributed by atoms with Crippen LogP contribution >= 0.6 is 0 Å². The van der Waals surface area contributed by atoms with Crippen molar-refractivity contribution in [3.8, 4) is 0 Å². The third kappa shape index (κ3) is 2.11. The lowest BCUT2D eigenvalue weighted by atomic mass is 10.2. The first kappa shape index (κ1) is 10.4. The number of rotatable bonds is 2. The van der Waals surface area contributed by atoms with E-state index in [9.17, 15) is 4.79 Å². The van der Waals surface area contributed by atoms with Gasteiger partial charge in [0.2, 0.25) is 0 Å². The average Bonchev–Trinajstić information content (AvgIpc) is 2.52. The normalized spacial score (nSPS) is 13.4. The highest BCUT2D eigenvalue weighted by Gasteiger charge is 2.05. The zero-order valence-electron chi connectivity index (χ0n) is 8.85. The molecule has 0 radical (unpaired) electrons. The largest absolute Gasteiger partial charge is 0.427 e. The highest BCUT2D eigenvalue weighted by molar-refractivity contribution is 5.84. The second-order valence-electron chi connectivity index (χ2n) is 3.43. The molecule has 80 valence electrons. The van der Waals surface area contributed by atoms with Crippen molar-refractivity contribution >= 4 is 17.8 Å². The number of carbonyl (C=O) groups is 1. The van der Waals surface area contributed by atoms with Gasteiger partial charge >= 0.3 is 5.97 Å². The molecule has 0 saturated carbocycles. The zero-order chi connectivity index (χ0) is 11.4. The Morgan fingerprint density at radius 1 is 1.38 bits per heavy atom. The van der Waals surface area contributed by atoms with Crippen molar-refractivity contribution in [1.29, 1.82) is 0 Å². The van der Waals surface area contributed by atoms with Crippen LogP contribution in [0.5, 0.6) is 0 Å². The Bertz CT molecular complexity index is 565. The number of carbonyl (C=O) groups excluding carboxylic acids is 1. The first-order valence-electron chi connectivity index (χ1n) is 5.10. The summed E-state index contributed by atoms with van der Waals surface area (Å²) in [5, 5.41) is 2.02. The van der Waals surface area contributed by atoms with E-state index in [1.54, 1.807) is 0 Å². The molecule has 0 fully saturated rings. The minimum atomic E-state index is -0.417. The van der Waals surface area contributed by atoms with Gasteiger partial charge in [0.25, 0.3) is 0 Å². The van der Waals surface area contributed by atoms with E-state index in [1.807, 2.05) is 42.5 Å². The van der Waals surface area contributed by atoms with Gasteiger partial charge in [-0.2, -0.15) is 0 Å². The molecule has 1 aliphatic carbocycles. The van der Waals surface area contributed by atoms with Gasteiger partial charge in [-0.3, -0.25) is 0 Å². The second-order valence-corrected chi connectivity index (χ2v) is 3.43. The molecule has 16 heavy (non-hydrogen) atoms. The number of ether oxygens (including phenoxy) is 1. The van der Waals surface area contributed by atoms with Crippen LogP contribution in [0.4, 0.5) is 0 Å². The molecule has 1 aromatic carbocycles. The minimum Gasteiger partial charge on any atom is -0.427 e. The maximum atomic E-state index is 11.2. The lowest BCUT2D eigenvalue weighted by Crippen LogP contribution is -2.27. The summed E-state index contributed by atoms with van der Waals surface area (Å²) in [6, 6.07) is 7.83. The standard InChI is InChI=1S/C14H12O2/c1-2-14(15)16-13-10-6-4-8-11-7-3-5-9-12(11)13/h2-9H,1,10H2. The van der Waals surface area contributed by atoms with Crippen LogP contribution in [-0.2, 0) is 9.53 Å². The summed E-state index contributed by atoms with van der Waals surface area (Å²) in [5.41, 5.74) is 0. The molecule has 0 saturated heterocycles. The smallest absolute Gasteiger partial charge is 0.335 e. The van der Waals surface area contributed by atoms with Crippen molar-refractivity contribution in [3.05, 3.63) is 59.5 Å². The Labute approximate surface area is 93.9 Å². The van der Waals surface area contributed by atoms with E-state index in [4.69, 9.17) is 4.74 Å². The van der Waals surface area contributed by atoms with Gasteiger partial charge < -0.3 is 4.74 Å². The van der Waals surface area contributed by atoms with Gasteiger partial charge in [-0.1, -0.05) is 49.1 Å². The van der Waals surface area contributed by atoms with Crippen LogP contribution in [0.3, 0.4) is 0 Å². The molecule has 0 spiro atoms. The van der Waals surface area contributed by atoms with Crippen LogP contribution in [0, 0.1) is 0 Å². The maximum absolute atomic E-state index is 11.2. The van der Waals surface area contributed by atoms with E-state index in [2.05, 4.69) is 6.58 Å². The zero-order valence-corrected chi connectivity index (χ0v) is 8.85. The molecule has 1 aliphatic rings. The molecule has 0 heterocycles. The van der Waals surface area contributed by atoms with E-state index in [0.29, 0.717) is 12.2 Å². The third-order valence-corrected chi connectivity index (χ3v) is 2.37. The van der Waals surface area contributed by atoms with Crippen LogP contribution < -0.4 is 10.4 Å². The van der Waals surface area contributed by atoms with Crippen LogP contribution in [0.2, 0.25) is 0 Å². The molecule has 0 amide bonds. The molecule has 2 heteroatoms. The first-order chi connectivity index (χ1) is 7.81. The van der Waals surface area contributed by atoms with E-state index in [1.165, 1.54) is 6.08 Å². The first-order valence-corrected chi connectivity index (χ1v) is 5.10. The lowest BCUT2D eigenvalue weighted by molar-refractivity contribution is -0.131. The van der Waals surface area contributed by atoms with Gasteiger partial charge in [0.15, 0.2) is 0 Å². The number of fused-ring (bicyclic) bond motifs is 1. The predicted octanol–water partition coefficient (Wildman–Crippen LogP) is 1.26. The third-order valence-electron chi connectivity index (χ3n) is 2.37. The topological polar surface area (TPSA) is 26.3 Å². The number of hydrogen-bond acceptors (Lipinski definition) is 2. The maximum Gasteiger partial charge on any atom is 0.335 e. The molecule has 0 atom stereocenters. The summed E-state index contributed by atoms with van der Waals surface area (Å²) in [5.74, 6) is 0.255. The van der Waals surface area contributed by atoms with Gasteiger partial charge in [0.1, 0.15) is 5.76 Å². The molecular weight excluding hydrogens is 200 g/mol. The molecule has 0 N–H and O–H groups in total. The Morgan fingerprint density at radius 3 is 3.00 bits per heavy atom. The molecular formula is C14H12O2. The molecule has 2 rings (SSSR count). The number of esters is 1. The summed E-state index contributed by atoms with van der Waals surface area (Å²) >= 11 is 0. The van der Waals surface area contributed by atoms with Gasteiger partial charge in [-0.25, -0.2) is 4.79 Å². The predicted molar refractivity (Wildman–Crippen MR) is 63.6 cm³/mol. The van der Waals surface area contributed by atoms with Crippen molar-refractivity contribution in [2.75, 3.05) is 0 Å². The van der Waals surface area contributed by atoms with E-state index in [0.717, 1.165) is 10.4 Å². The summed E-state index contributed by atoms with van der Waals surface area (Å²) in [4.78, 5) is 11.2. The highest BCUT2D eigenvalue weighted by atomic mass is 16.5. The number of allylic oxidation sites excluding steroid dienone is 1. The van der Waals surface area contributed by atoms with E-state index >= 15 is 0 Å². The minimum absolute atomic E-state index is 0.417. The fourth-order valence-electron chi connectivity index (χ4n) is 1.61. The van der Waals surface area contributed by atoms with Gasteiger partial charge in [-0.15, -0.1) is 0 Å². The average molecular weight is 212 g/mol. The number of hydrogen-bond donors (Lipinski definition) is 0. The summed E-state index contributed by atoms with van der Waals surface area (Å²) in [7, 11) is 0. The van der Waals surface area contributed by atoms with E-state index < -0.39 is 5.97 Å². The molecule has 0 aliphatic heterocycles. The highest BCUT2D eigenvalue weighted by Crippen LogP contribution is 2.06. The Balaban J connectivity index is 2.58. The van der Waals surface area contributed by atoms with E-state index in [-0.39, 0.29) is 0 Å². The Hall–Kier alpha value is -2.09. The van der Waals surface area contributed by atoms with Gasteiger partial charge in [0.05, 0.1) is 0 Å². The lowest BCUT2D eigenvalue weighted by Gasteiger charge is -2.04. The Morgan fingerprint density at radius 2 is 2.19 bits per heavy atom. The van der Waals surface area contributed by atoms with Gasteiger partial charge in [0, 0.05) is 17.7 Å². The van der Waals surface area contributed by atoms with Crippen molar-refractivity contribution in [3.63, 3.8) is 0 Å². The van der Waals surface area contributed by atoms with Crippen LogP contribution in [0.25, 0.3) is 11.8 Å². The second kappa shape index (κ2) is 4.62. The molecule has 0 bridgehead atoms. The summed E-state index contributed by atoms with van der Waals surface area (Å²) in [6.45, 7) is 3.39. The van der Waals surface area contributed by atoms with Crippen LogP contribution in [-0.4, -0.2) is 5.97 Å². The van der Waals surface area contributed by atoms with Crippen molar-refractivity contribution in [1.82, 2.24) is 0 Å². The van der Waals surface area contributed by atoms with Crippen LogP contribution in [0.1, 0.15) is 6.42 Å². The SMILES string of the molecule is C=CC(=O)OC1=c2ccccc2=CC=CC1. The van der Waals surface area contributed by atoms with Crippen molar-refractivity contribution in [2.45, 2.75) is 6.42 Å². The number of benzene rings is 1. The van der Waals surface area contributed by atoms with Crippen molar-refractivity contribution in [2.24, 2.45) is 0 Å². The molecule has 1 aromatic rings.